The molecule has 0 amide bonds. The molecular weight excluding hydrogens is 236 g/mol. The molecule has 4 nitrogen and oxygen atoms in total. The van der Waals surface area contributed by atoms with Gasteiger partial charge in [-0.3, -0.25) is 0 Å². The van der Waals surface area contributed by atoms with Crippen LogP contribution in [0.15, 0.2) is 30.6 Å². The van der Waals surface area contributed by atoms with Crippen molar-refractivity contribution >= 4 is 17.3 Å². The fourth-order valence-corrected chi connectivity index (χ4v) is 2.08. The van der Waals surface area contributed by atoms with Gasteiger partial charge in [0.15, 0.2) is 0 Å². The zero-order valence-electron chi connectivity index (χ0n) is 11.9. The van der Waals surface area contributed by atoms with Gasteiger partial charge in [-0.05, 0) is 38.5 Å². The van der Waals surface area contributed by atoms with Crippen LogP contribution in [0.3, 0.4) is 0 Å². The highest BCUT2D eigenvalue weighted by atomic mass is 15.2. The van der Waals surface area contributed by atoms with E-state index in [-0.39, 0.29) is 0 Å². The molecule has 0 spiro atoms. The number of nitrogens with zero attached hydrogens (tertiary/aromatic N) is 3. The Kier molecular flexibility index (Phi) is 4.00. The predicted octanol–water partition coefficient (Wildman–Crippen LogP) is 3.29. The molecule has 4 heteroatoms. The lowest BCUT2D eigenvalue weighted by atomic mass is 10.2. The van der Waals surface area contributed by atoms with Crippen LogP contribution >= 0.6 is 0 Å². The molecule has 0 radical (unpaired) electrons. The third-order valence-corrected chi connectivity index (χ3v) is 3.11. The molecule has 19 heavy (non-hydrogen) atoms. The molecule has 0 bridgehead atoms. The van der Waals surface area contributed by atoms with Crippen LogP contribution in [-0.2, 0) is 0 Å². The van der Waals surface area contributed by atoms with Gasteiger partial charge in [0.05, 0.1) is 0 Å². The van der Waals surface area contributed by atoms with Gasteiger partial charge in [-0.1, -0.05) is 12.1 Å². The van der Waals surface area contributed by atoms with Crippen molar-refractivity contribution in [2.24, 2.45) is 0 Å². The van der Waals surface area contributed by atoms with E-state index in [2.05, 4.69) is 58.3 Å². The summed E-state index contributed by atoms with van der Waals surface area (Å²) in [5.74, 6) is 1.82. The summed E-state index contributed by atoms with van der Waals surface area (Å²) >= 11 is 0. The summed E-state index contributed by atoms with van der Waals surface area (Å²) in [6.45, 7) is 7.05. The Hall–Kier alpha value is -2.10. The van der Waals surface area contributed by atoms with Crippen molar-refractivity contribution in [2.75, 3.05) is 23.8 Å². The van der Waals surface area contributed by atoms with Gasteiger partial charge < -0.3 is 10.2 Å². The molecule has 1 N–H and O–H groups in total. The average Bonchev–Trinajstić information content (AvgIpc) is 2.41. The van der Waals surface area contributed by atoms with Gasteiger partial charge in [-0.15, -0.1) is 0 Å². The van der Waals surface area contributed by atoms with Crippen LogP contribution in [0.1, 0.15) is 18.1 Å². The van der Waals surface area contributed by atoms with Crippen molar-refractivity contribution in [1.29, 1.82) is 0 Å². The van der Waals surface area contributed by atoms with Crippen molar-refractivity contribution in [1.82, 2.24) is 9.97 Å². The molecule has 100 valence electrons. The first-order chi connectivity index (χ1) is 9.13. The second-order valence-electron chi connectivity index (χ2n) is 4.60. The number of aryl methyl sites for hydroxylation is 1. The molecule has 0 atom stereocenters. The summed E-state index contributed by atoms with van der Waals surface area (Å²) in [4.78, 5) is 10.8. The lowest BCUT2D eigenvalue weighted by molar-refractivity contribution is 1.03. The number of benzene rings is 1. The van der Waals surface area contributed by atoms with Crippen molar-refractivity contribution < 1.29 is 0 Å². The molecule has 1 aromatic heterocycles. The van der Waals surface area contributed by atoms with Crippen molar-refractivity contribution in [2.45, 2.75) is 20.8 Å². The van der Waals surface area contributed by atoms with E-state index in [1.807, 2.05) is 14.0 Å². The molecule has 2 rings (SSSR count). The normalized spacial score (nSPS) is 10.3. The van der Waals surface area contributed by atoms with E-state index in [1.54, 1.807) is 6.33 Å². The Balaban J connectivity index is 2.38. The van der Waals surface area contributed by atoms with E-state index in [4.69, 9.17) is 0 Å². The first-order valence-corrected chi connectivity index (χ1v) is 6.49. The molecule has 0 aliphatic carbocycles. The molecule has 0 saturated carbocycles. The number of rotatable bonds is 4. The van der Waals surface area contributed by atoms with E-state index in [9.17, 15) is 0 Å². The number of hydrogen-bond acceptors (Lipinski definition) is 4. The zero-order valence-corrected chi connectivity index (χ0v) is 11.9. The lowest BCUT2D eigenvalue weighted by Gasteiger charge is -2.21. The molecule has 1 heterocycles. The van der Waals surface area contributed by atoms with E-state index in [1.165, 1.54) is 5.56 Å². The fourth-order valence-electron chi connectivity index (χ4n) is 2.08. The Morgan fingerprint density at radius 2 is 2.00 bits per heavy atom. The minimum atomic E-state index is 0.853. The monoisotopic (exact) mass is 256 g/mol. The van der Waals surface area contributed by atoms with Gasteiger partial charge in [0.2, 0.25) is 0 Å². The standard InChI is InChI=1S/C15H20N4/c1-5-16-14-12(3)15(18-10-17-14)19(4)13-8-6-7-11(2)9-13/h6-10H,5H2,1-4H3,(H,16,17,18). The number of aromatic nitrogens is 2. The van der Waals surface area contributed by atoms with Gasteiger partial charge in [0, 0.05) is 24.8 Å². The smallest absolute Gasteiger partial charge is 0.141 e. The Bertz CT molecular complexity index is 566. The minimum absolute atomic E-state index is 0.853. The second kappa shape index (κ2) is 5.69. The molecule has 0 aliphatic rings. The summed E-state index contributed by atoms with van der Waals surface area (Å²) in [5.41, 5.74) is 3.43. The Morgan fingerprint density at radius 3 is 2.68 bits per heavy atom. The number of hydrogen-bond donors (Lipinski definition) is 1. The van der Waals surface area contributed by atoms with E-state index in [0.29, 0.717) is 0 Å². The van der Waals surface area contributed by atoms with Crippen LogP contribution in [-0.4, -0.2) is 23.6 Å². The van der Waals surface area contributed by atoms with E-state index < -0.39 is 0 Å². The second-order valence-corrected chi connectivity index (χ2v) is 4.60. The maximum atomic E-state index is 4.40. The van der Waals surface area contributed by atoms with Crippen LogP contribution in [0.2, 0.25) is 0 Å². The summed E-state index contributed by atoms with van der Waals surface area (Å²) in [7, 11) is 2.03. The van der Waals surface area contributed by atoms with Crippen LogP contribution < -0.4 is 10.2 Å². The summed E-state index contributed by atoms with van der Waals surface area (Å²) in [5, 5.41) is 3.26. The lowest BCUT2D eigenvalue weighted by Crippen LogP contribution is -2.14. The number of nitrogens with one attached hydrogen (secondary N) is 1. The first-order valence-electron chi connectivity index (χ1n) is 6.49. The number of anilines is 3. The van der Waals surface area contributed by atoms with Crippen LogP contribution in [0, 0.1) is 13.8 Å². The summed E-state index contributed by atoms with van der Waals surface area (Å²) in [6.07, 6.45) is 1.60. The van der Waals surface area contributed by atoms with E-state index in [0.717, 1.165) is 29.4 Å². The van der Waals surface area contributed by atoms with Crippen LogP contribution in [0.25, 0.3) is 0 Å². The fraction of sp³-hybridized carbons (Fsp3) is 0.333. The molecular formula is C15H20N4. The Morgan fingerprint density at radius 1 is 1.21 bits per heavy atom. The highest BCUT2D eigenvalue weighted by Crippen LogP contribution is 2.27. The third-order valence-electron chi connectivity index (χ3n) is 3.11. The average molecular weight is 256 g/mol. The highest BCUT2D eigenvalue weighted by molar-refractivity contribution is 5.66. The third kappa shape index (κ3) is 2.84. The van der Waals surface area contributed by atoms with Gasteiger partial charge in [0.1, 0.15) is 18.0 Å². The summed E-state index contributed by atoms with van der Waals surface area (Å²) in [6, 6.07) is 8.38. The van der Waals surface area contributed by atoms with Gasteiger partial charge >= 0.3 is 0 Å². The predicted molar refractivity (Wildman–Crippen MR) is 80.2 cm³/mol. The molecule has 1 aromatic carbocycles. The van der Waals surface area contributed by atoms with Crippen molar-refractivity contribution in [3.8, 4) is 0 Å². The van der Waals surface area contributed by atoms with Gasteiger partial charge in [-0.2, -0.15) is 0 Å². The topological polar surface area (TPSA) is 41.1 Å². The van der Waals surface area contributed by atoms with E-state index >= 15 is 0 Å². The quantitative estimate of drug-likeness (QED) is 0.911. The zero-order chi connectivity index (χ0) is 13.8. The largest absolute Gasteiger partial charge is 0.370 e. The molecule has 2 aromatic rings. The molecule has 0 aliphatic heterocycles. The first kappa shape index (κ1) is 13.3. The van der Waals surface area contributed by atoms with Crippen LogP contribution in [0.4, 0.5) is 17.3 Å². The van der Waals surface area contributed by atoms with Gasteiger partial charge in [0.25, 0.3) is 0 Å². The maximum absolute atomic E-state index is 4.40. The maximum Gasteiger partial charge on any atom is 0.141 e. The molecule has 0 fully saturated rings. The van der Waals surface area contributed by atoms with Crippen molar-refractivity contribution in [3.63, 3.8) is 0 Å². The molecule has 0 saturated heterocycles. The Labute approximate surface area is 114 Å². The van der Waals surface area contributed by atoms with Crippen molar-refractivity contribution in [3.05, 3.63) is 41.7 Å². The van der Waals surface area contributed by atoms with Crippen LogP contribution in [0.5, 0.6) is 0 Å². The molecule has 0 unspecified atom stereocenters. The minimum Gasteiger partial charge on any atom is -0.370 e. The summed E-state index contributed by atoms with van der Waals surface area (Å²) < 4.78 is 0. The SMILES string of the molecule is CCNc1ncnc(N(C)c2cccc(C)c2)c1C. The van der Waals surface area contributed by atoms with Gasteiger partial charge in [-0.25, -0.2) is 9.97 Å². The highest BCUT2D eigenvalue weighted by Gasteiger charge is 2.12.